The summed E-state index contributed by atoms with van der Waals surface area (Å²) in [6, 6.07) is 13.2. The molecule has 0 bridgehead atoms. The maximum absolute atomic E-state index is 12.7. The third-order valence-electron chi connectivity index (χ3n) is 5.50. The molecule has 0 radical (unpaired) electrons. The van der Waals surface area contributed by atoms with Gasteiger partial charge in [-0.3, -0.25) is 24.6 Å². The summed E-state index contributed by atoms with van der Waals surface area (Å²) in [5.41, 5.74) is 3.35. The molecule has 1 saturated heterocycles. The molecule has 0 aliphatic carbocycles. The Morgan fingerprint density at radius 2 is 1.71 bits per heavy atom. The SMILES string of the molecule is Cc1ccc(C(CNC(=O)c2ccc3c(c2)C(=O)NC3=O)N2CCCC2)cc1. The predicted octanol–water partition coefficient (Wildman–Crippen LogP) is 2.45. The molecule has 2 N–H and O–H groups in total. The van der Waals surface area contributed by atoms with Gasteiger partial charge in [-0.25, -0.2) is 0 Å². The van der Waals surface area contributed by atoms with Crippen molar-refractivity contribution in [3.63, 3.8) is 0 Å². The van der Waals surface area contributed by atoms with Crippen molar-refractivity contribution in [1.29, 1.82) is 0 Å². The van der Waals surface area contributed by atoms with Crippen LogP contribution in [0.25, 0.3) is 0 Å². The Hall–Kier alpha value is -2.99. The van der Waals surface area contributed by atoms with Crippen LogP contribution in [0.4, 0.5) is 0 Å². The van der Waals surface area contributed by atoms with Gasteiger partial charge >= 0.3 is 0 Å². The molecule has 28 heavy (non-hydrogen) atoms. The Balaban J connectivity index is 1.50. The fourth-order valence-electron chi connectivity index (χ4n) is 3.90. The second kappa shape index (κ2) is 7.56. The van der Waals surface area contributed by atoms with E-state index in [1.807, 2.05) is 0 Å². The lowest BCUT2D eigenvalue weighted by atomic mass is 10.0. The van der Waals surface area contributed by atoms with E-state index in [-0.39, 0.29) is 17.5 Å². The number of aryl methyl sites for hydroxylation is 1. The summed E-state index contributed by atoms with van der Waals surface area (Å²) in [5.74, 6) is -1.11. The Morgan fingerprint density at radius 1 is 1.04 bits per heavy atom. The van der Waals surface area contributed by atoms with Crippen molar-refractivity contribution in [2.45, 2.75) is 25.8 Å². The topological polar surface area (TPSA) is 78.5 Å². The van der Waals surface area contributed by atoms with Crippen LogP contribution < -0.4 is 10.6 Å². The van der Waals surface area contributed by atoms with Gasteiger partial charge in [-0.05, 0) is 56.6 Å². The quantitative estimate of drug-likeness (QED) is 0.785. The second-order valence-electron chi connectivity index (χ2n) is 7.42. The standard InChI is InChI=1S/C22H23N3O3/c1-14-4-6-15(7-5-14)19(25-10-2-3-11-25)13-23-20(26)16-8-9-17-18(12-16)22(28)24-21(17)27/h4-9,12,19H,2-3,10-11,13H2,1H3,(H,23,26)(H,24,27,28). The van der Waals surface area contributed by atoms with E-state index in [4.69, 9.17) is 0 Å². The zero-order valence-electron chi connectivity index (χ0n) is 15.8. The first kappa shape index (κ1) is 18.4. The third kappa shape index (κ3) is 3.55. The summed E-state index contributed by atoms with van der Waals surface area (Å²) in [7, 11) is 0. The molecule has 1 unspecified atom stereocenters. The van der Waals surface area contributed by atoms with Crippen molar-refractivity contribution < 1.29 is 14.4 Å². The highest BCUT2D eigenvalue weighted by molar-refractivity contribution is 6.22. The molecular weight excluding hydrogens is 354 g/mol. The van der Waals surface area contributed by atoms with E-state index in [9.17, 15) is 14.4 Å². The van der Waals surface area contributed by atoms with Gasteiger partial charge < -0.3 is 5.32 Å². The number of likely N-dealkylation sites (tertiary alicyclic amines) is 1. The Labute approximate surface area is 163 Å². The molecule has 2 aromatic carbocycles. The molecule has 6 nitrogen and oxygen atoms in total. The first-order valence-electron chi connectivity index (χ1n) is 9.61. The average Bonchev–Trinajstić information content (AvgIpc) is 3.32. The molecule has 2 heterocycles. The fourth-order valence-corrected chi connectivity index (χ4v) is 3.90. The molecule has 3 amide bonds. The van der Waals surface area contributed by atoms with Crippen LogP contribution in [0.3, 0.4) is 0 Å². The Kier molecular flexibility index (Phi) is 4.96. The van der Waals surface area contributed by atoms with Crippen LogP contribution >= 0.6 is 0 Å². The lowest BCUT2D eigenvalue weighted by Crippen LogP contribution is -2.36. The first-order valence-corrected chi connectivity index (χ1v) is 9.61. The summed E-state index contributed by atoms with van der Waals surface area (Å²) in [4.78, 5) is 38.6. The Morgan fingerprint density at radius 3 is 2.43 bits per heavy atom. The number of carbonyl (C=O) groups is 3. The number of amides is 3. The van der Waals surface area contributed by atoms with Gasteiger partial charge in [-0.1, -0.05) is 29.8 Å². The van der Waals surface area contributed by atoms with Crippen molar-refractivity contribution in [3.8, 4) is 0 Å². The van der Waals surface area contributed by atoms with Gasteiger partial charge in [0.1, 0.15) is 0 Å². The van der Waals surface area contributed by atoms with Crippen molar-refractivity contribution in [2.24, 2.45) is 0 Å². The van der Waals surface area contributed by atoms with Crippen LogP contribution in [0, 0.1) is 6.92 Å². The number of carbonyl (C=O) groups excluding carboxylic acids is 3. The minimum absolute atomic E-state index is 0.117. The van der Waals surface area contributed by atoms with E-state index in [0.717, 1.165) is 13.1 Å². The zero-order valence-corrected chi connectivity index (χ0v) is 15.8. The van der Waals surface area contributed by atoms with Crippen LogP contribution in [0.2, 0.25) is 0 Å². The third-order valence-corrected chi connectivity index (χ3v) is 5.50. The molecule has 0 aromatic heterocycles. The maximum atomic E-state index is 12.7. The summed E-state index contributed by atoms with van der Waals surface area (Å²) < 4.78 is 0. The number of hydrogen-bond acceptors (Lipinski definition) is 4. The van der Waals surface area contributed by atoms with Gasteiger partial charge in [0, 0.05) is 12.1 Å². The highest BCUT2D eigenvalue weighted by atomic mass is 16.2. The average molecular weight is 377 g/mol. The number of fused-ring (bicyclic) bond motifs is 1. The molecule has 0 saturated carbocycles. The van der Waals surface area contributed by atoms with E-state index in [1.54, 1.807) is 6.07 Å². The van der Waals surface area contributed by atoms with E-state index in [1.165, 1.54) is 36.1 Å². The molecule has 2 aliphatic heterocycles. The largest absolute Gasteiger partial charge is 0.350 e. The molecule has 6 heteroatoms. The van der Waals surface area contributed by atoms with E-state index in [0.29, 0.717) is 17.7 Å². The van der Waals surface area contributed by atoms with E-state index in [2.05, 4.69) is 46.7 Å². The van der Waals surface area contributed by atoms with Gasteiger partial charge in [0.2, 0.25) is 0 Å². The van der Waals surface area contributed by atoms with Gasteiger partial charge in [0.05, 0.1) is 17.2 Å². The summed E-state index contributed by atoms with van der Waals surface area (Å²) >= 11 is 0. The van der Waals surface area contributed by atoms with Crippen LogP contribution in [-0.2, 0) is 0 Å². The minimum Gasteiger partial charge on any atom is -0.350 e. The minimum atomic E-state index is -0.454. The van der Waals surface area contributed by atoms with Crippen LogP contribution in [0.1, 0.15) is 61.1 Å². The highest BCUT2D eigenvalue weighted by Crippen LogP contribution is 2.25. The van der Waals surface area contributed by atoms with E-state index >= 15 is 0 Å². The van der Waals surface area contributed by atoms with E-state index < -0.39 is 11.8 Å². The van der Waals surface area contributed by atoms with Crippen molar-refractivity contribution in [2.75, 3.05) is 19.6 Å². The molecule has 2 aliphatic rings. The van der Waals surface area contributed by atoms with Gasteiger partial charge in [-0.15, -0.1) is 0 Å². The van der Waals surface area contributed by atoms with Gasteiger partial charge in [-0.2, -0.15) is 0 Å². The summed E-state index contributed by atoms with van der Waals surface area (Å²) in [6.07, 6.45) is 2.34. The number of nitrogens with zero attached hydrogens (tertiary/aromatic N) is 1. The molecular formula is C22H23N3O3. The monoisotopic (exact) mass is 377 g/mol. The first-order chi connectivity index (χ1) is 13.5. The molecule has 1 atom stereocenters. The van der Waals surface area contributed by atoms with Crippen molar-refractivity contribution >= 4 is 17.7 Å². The Bertz CT molecular complexity index is 931. The molecule has 144 valence electrons. The number of hydrogen-bond donors (Lipinski definition) is 2. The van der Waals surface area contributed by atoms with Crippen molar-refractivity contribution in [1.82, 2.24) is 15.5 Å². The highest BCUT2D eigenvalue weighted by Gasteiger charge is 2.28. The predicted molar refractivity (Wildman–Crippen MR) is 105 cm³/mol. The normalized spacial score (nSPS) is 17.3. The zero-order chi connectivity index (χ0) is 19.7. The van der Waals surface area contributed by atoms with Crippen LogP contribution in [0.15, 0.2) is 42.5 Å². The maximum Gasteiger partial charge on any atom is 0.258 e. The smallest absolute Gasteiger partial charge is 0.258 e. The summed E-state index contributed by atoms with van der Waals surface area (Å²) in [5, 5.41) is 5.25. The summed E-state index contributed by atoms with van der Waals surface area (Å²) in [6.45, 7) is 4.60. The van der Waals surface area contributed by atoms with Crippen molar-refractivity contribution in [3.05, 3.63) is 70.3 Å². The van der Waals surface area contributed by atoms with Gasteiger partial charge in [0.15, 0.2) is 0 Å². The fraction of sp³-hybridized carbons (Fsp3) is 0.318. The number of benzene rings is 2. The molecule has 0 spiro atoms. The number of nitrogens with one attached hydrogen (secondary N) is 2. The number of imide groups is 1. The lowest BCUT2D eigenvalue weighted by molar-refractivity contribution is 0.0878. The second-order valence-corrected chi connectivity index (χ2v) is 7.42. The number of rotatable bonds is 5. The molecule has 4 rings (SSSR count). The van der Waals surface area contributed by atoms with Crippen LogP contribution in [0.5, 0.6) is 0 Å². The molecule has 1 fully saturated rings. The lowest BCUT2D eigenvalue weighted by Gasteiger charge is -2.28. The van der Waals surface area contributed by atoms with Gasteiger partial charge in [0.25, 0.3) is 17.7 Å². The van der Waals surface area contributed by atoms with Crippen LogP contribution in [-0.4, -0.2) is 42.3 Å². The molecule has 2 aromatic rings.